The van der Waals surface area contributed by atoms with Gasteiger partial charge in [0.25, 0.3) is 0 Å². The van der Waals surface area contributed by atoms with Crippen LogP contribution in [0, 0.1) is 0 Å². The van der Waals surface area contributed by atoms with Crippen LogP contribution in [0.3, 0.4) is 0 Å². The molecule has 1 heterocycles. The van der Waals surface area contributed by atoms with E-state index in [0.29, 0.717) is 0 Å². The second-order valence-corrected chi connectivity index (χ2v) is 5.40. The van der Waals surface area contributed by atoms with Gasteiger partial charge in [-0.05, 0) is 0 Å². The van der Waals surface area contributed by atoms with E-state index in [1.165, 1.54) is 30.2 Å². The zero-order valence-corrected chi connectivity index (χ0v) is 8.84. The minimum atomic E-state index is 1.14. The molecule has 0 fully saturated rings. The first-order chi connectivity index (χ1) is 4.86. The SMILES string of the molecule is [Sn][c]1nc2ccccc2s1. The Bertz CT molecular complexity index is 322. The molecule has 3 radical (unpaired) electrons. The number of hydrogen-bond acceptors (Lipinski definition) is 2. The van der Waals surface area contributed by atoms with Crippen molar-refractivity contribution in [3.8, 4) is 0 Å². The predicted octanol–water partition coefficient (Wildman–Crippen LogP) is 1.09. The van der Waals surface area contributed by atoms with Gasteiger partial charge >= 0.3 is 76.4 Å². The van der Waals surface area contributed by atoms with Crippen molar-refractivity contribution in [2.75, 3.05) is 0 Å². The first-order valence-electron chi connectivity index (χ1n) is 2.93. The zero-order valence-electron chi connectivity index (χ0n) is 5.16. The summed E-state index contributed by atoms with van der Waals surface area (Å²) in [6.45, 7) is 0. The second kappa shape index (κ2) is 2.51. The fraction of sp³-hybridized carbons (Fsp3) is 0. The van der Waals surface area contributed by atoms with E-state index in [-0.39, 0.29) is 0 Å². The number of para-hydroxylation sites is 1. The quantitative estimate of drug-likeness (QED) is 0.640. The van der Waals surface area contributed by atoms with Crippen molar-refractivity contribution in [1.29, 1.82) is 0 Å². The van der Waals surface area contributed by atoms with E-state index >= 15 is 0 Å². The van der Waals surface area contributed by atoms with Gasteiger partial charge in [-0.15, -0.1) is 0 Å². The van der Waals surface area contributed by atoms with Crippen molar-refractivity contribution in [3.05, 3.63) is 24.3 Å². The summed E-state index contributed by atoms with van der Waals surface area (Å²) >= 11 is 3.19. The molecule has 10 heavy (non-hydrogen) atoms. The van der Waals surface area contributed by atoms with Crippen LogP contribution in [-0.2, 0) is 0 Å². The molecule has 1 aromatic heterocycles. The third-order valence-electron chi connectivity index (χ3n) is 1.29. The molecule has 2 rings (SSSR count). The van der Waals surface area contributed by atoms with E-state index in [9.17, 15) is 0 Å². The number of hydrogen-bond donors (Lipinski definition) is 0. The molecule has 47 valence electrons. The molecule has 0 spiro atoms. The van der Waals surface area contributed by atoms with E-state index in [4.69, 9.17) is 0 Å². The third kappa shape index (κ3) is 1.06. The van der Waals surface area contributed by atoms with Crippen LogP contribution in [0.2, 0.25) is 0 Å². The molecule has 0 aliphatic rings. The number of thiazole rings is 1. The van der Waals surface area contributed by atoms with Crippen molar-refractivity contribution < 1.29 is 0 Å². The molecule has 1 nitrogen and oxygen atoms in total. The van der Waals surface area contributed by atoms with Gasteiger partial charge in [0.2, 0.25) is 0 Å². The Morgan fingerprint density at radius 3 is 2.90 bits per heavy atom. The Morgan fingerprint density at radius 1 is 1.30 bits per heavy atom. The van der Waals surface area contributed by atoms with Gasteiger partial charge in [-0.2, -0.15) is 0 Å². The number of benzene rings is 1. The average molecular weight is 253 g/mol. The topological polar surface area (TPSA) is 12.9 Å². The maximum absolute atomic E-state index is 4.37. The van der Waals surface area contributed by atoms with Crippen molar-refractivity contribution in [2.45, 2.75) is 0 Å². The van der Waals surface area contributed by atoms with E-state index in [1.807, 2.05) is 6.07 Å². The zero-order chi connectivity index (χ0) is 6.97. The van der Waals surface area contributed by atoms with Crippen molar-refractivity contribution in [2.24, 2.45) is 0 Å². The molecule has 0 N–H and O–H groups in total. The Hall–Kier alpha value is -0.0913. The Balaban J connectivity index is 2.88. The van der Waals surface area contributed by atoms with Crippen LogP contribution in [0.4, 0.5) is 0 Å². The molecule has 0 amide bonds. The molecular weight excluding hydrogens is 249 g/mol. The van der Waals surface area contributed by atoms with Crippen LogP contribution in [-0.4, -0.2) is 27.5 Å². The van der Waals surface area contributed by atoms with Crippen LogP contribution in [0.1, 0.15) is 0 Å². The van der Waals surface area contributed by atoms with Gasteiger partial charge in [-0.3, -0.25) is 0 Å². The maximum atomic E-state index is 4.37. The van der Waals surface area contributed by atoms with Gasteiger partial charge < -0.3 is 0 Å². The summed E-state index contributed by atoms with van der Waals surface area (Å²) in [6, 6.07) is 8.24. The summed E-state index contributed by atoms with van der Waals surface area (Å²) in [5, 5.41) is 0. The fourth-order valence-corrected chi connectivity index (χ4v) is 2.87. The number of rotatable bonds is 0. The molecule has 3 heteroatoms. The first-order valence-corrected chi connectivity index (χ1v) is 5.18. The number of fused-ring (bicyclic) bond motifs is 1. The fourth-order valence-electron chi connectivity index (χ4n) is 0.872. The second-order valence-electron chi connectivity index (χ2n) is 1.99. The van der Waals surface area contributed by atoms with E-state index in [1.54, 1.807) is 11.3 Å². The van der Waals surface area contributed by atoms with Crippen LogP contribution >= 0.6 is 11.3 Å². The summed E-state index contributed by atoms with van der Waals surface area (Å²) in [5.74, 6) is 0. The van der Waals surface area contributed by atoms with Crippen LogP contribution in [0.5, 0.6) is 0 Å². The predicted molar refractivity (Wildman–Crippen MR) is 45.0 cm³/mol. The van der Waals surface area contributed by atoms with Crippen molar-refractivity contribution in [3.63, 3.8) is 0 Å². The summed E-state index contributed by atoms with van der Waals surface area (Å²) < 4.78 is 2.53. The van der Waals surface area contributed by atoms with Crippen LogP contribution in [0.25, 0.3) is 10.2 Å². The van der Waals surface area contributed by atoms with Gasteiger partial charge in [0.15, 0.2) is 0 Å². The van der Waals surface area contributed by atoms with Gasteiger partial charge in [0, 0.05) is 0 Å². The summed E-state index contributed by atoms with van der Waals surface area (Å²) in [6.07, 6.45) is 0. The average Bonchev–Trinajstić information content (AvgIpc) is 2.27. The Morgan fingerprint density at radius 2 is 2.10 bits per heavy atom. The summed E-state index contributed by atoms with van der Waals surface area (Å²) in [7, 11) is 0. The van der Waals surface area contributed by atoms with E-state index in [2.05, 4.69) is 23.2 Å². The molecule has 0 atom stereocenters. The summed E-state index contributed by atoms with van der Waals surface area (Å²) in [4.78, 5) is 4.37. The normalized spacial score (nSPS) is 10.5. The number of aromatic nitrogens is 1. The van der Waals surface area contributed by atoms with Gasteiger partial charge in [-0.1, -0.05) is 0 Å². The molecule has 0 bridgehead atoms. The molecule has 0 saturated heterocycles. The minimum absolute atomic E-state index is 1.14. The molecule has 0 saturated carbocycles. The van der Waals surface area contributed by atoms with Crippen molar-refractivity contribution >= 4 is 47.1 Å². The third-order valence-corrected chi connectivity index (χ3v) is 3.34. The molecule has 2 aromatic rings. The Labute approximate surface area is 76.2 Å². The van der Waals surface area contributed by atoms with Gasteiger partial charge in [0.1, 0.15) is 0 Å². The molecular formula is C7H4NSSn. The monoisotopic (exact) mass is 254 g/mol. The molecule has 1 aromatic carbocycles. The summed E-state index contributed by atoms with van der Waals surface area (Å²) in [5.41, 5.74) is 1.14. The molecule has 0 unspecified atom stereocenters. The van der Waals surface area contributed by atoms with Crippen molar-refractivity contribution in [1.82, 2.24) is 4.98 Å². The Kier molecular flexibility index (Phi) is 1.66. The standard InChI is InChI=1S/C7H4NS.Sn/c1-2-4-7-6(3-1)8-5-9-7;/h1-4H;. The molecule has 0 aliphatic carbocycles. The van der Waals surface area contributed by atoms with Gasteiger partial charge in [-0.25, -0.2) is 0 Å². The van der Waals surface area contributed by atoms with Gasteiger partial charge in [0.05, 0.1) is 0 Å². The van der Waals surface area contributed by atoms with E-state index in [0.717, 1.165) is 5.52 Å². The van der Waals surface area contributed by atoms with E-state index < -0.39 is 0 Å². The molecule has 0 aliphatic heterocycles. The van der Waals surface area contributed by atoms with Crippen LogP contribution in [0.15, 0.2) is 24.3 Å². The number of nitrogens with zero attached hydrogens (tertiary/aromatic N) is 1. The van der Waals surface area contributed by atoms with Crippen LogP contribution < -0.4 is 3.02 Å². The first kappa shape index (κ1) is 6.61.